The largest absolute Gasteiger partial charge is 0.486 e. The van der Waals surface area contributed by atoms with Gasteiger partial charge in [-0.05, 0) is 25.0 Å². The molecular weight excluding hydrogens is 290 g/mol. The van der Waals surface area contributed by atoms with Crippen LogP contribution in [0.4, 0.5) is 5.82 Å². The summed E-state index contributed by atoms with van der Waals surface area (Å²) >= 11 is 0. The highest BCUT2D eigenvalue weighted by atomic mass is 16.5. The highest BCUT2D eigenvalue weighted by molar-refractivity contribution is 6.00. The van der Waals surface area contributed by atoms with E-state index < -0.39 is 0 Å². The van der Waals surface area contributed by atoms with Crippen molar-refractivity contribution >= 4 is 11.6 Å². The van der Waals surface area contributed by atoms with E-state index in [0.29, 0.717) is 12.0 Å². The molecule has 5 heteroatoms. The molecule has 0 N–H and O–H groups in total. The summed E-state index contributed by atoms with van der Waals surface area (Å²) in [6.07, 6.45) is 8.35. The number of fused-ring (bicyclic) bond motifs is 1. The van der Waals surface area contributed by atoms with Crippen LogP contribution in [-0.2, 0) is 0 Å². The van der Waals surface area contributed by atoms with Crippen molar-refractivity contribution in [2.75, 3.05) is 18.0 Å². The van der Waals surface area contributed by atoms with Crippen LogP contribution in [0.25, 0.3) is 0 Å². The second kappa shape index (κ2) is 5.65. The lowest BCUT2D eigenvalue weighted by molar-refractivity contribution is 0.0323. The maximum atomic E-state index is 12.5. The Morgan fingerprint density at radius 1 is 1.13 bits per heavy atom. The Kier molecular flexibility index (Phi) is 3.48. The lowest BCUT2D eigenvalue weighted by atomic mass is 9.84. The number of para-hydroxylation sites is 1. The Labute approximate surface area is 135 Å². The van der Waals surface area contributed by atoms with E-state index in [1.165, 1.54) is 0 Å². The fourth-order valence-electron chi connectivity index (χ4n) is 3.57. The number of anilines is 1. The number of aromatic nitrogens is 2. The number of benzene rings is 1. The molecule has 0 radical (unpaired) electrons. The van der Waals surface area contributed by atoms with Gasteiger partial charge in [0.25, 0.3) is 0 Å². The molecule has 118 valence electrons. The molecule has 1 aromatic heterocycles. The topological polar surface area (TPSA) is 55.3 Å². The number of nitrogens with zero attached hydrogens (tertiary/aromatic N) is 3. The smallest absolute Gasteiger partial charge is 0.170 e. The van der Waals surface area contributed by atoms with Gasteiger partial charge in [0, 0.05) is 31.9 Å². The van der Waals surface area contributed by atoms with Crippen molar-refractivity contribution in [1.29, 1.82) is 0 Å². The molecule has 1 aromatic carbocycles. The van der Waals surface area contributed by atoms with E-state index in [9.17, 15) is 4.79 Å². The molecule has 0 amide bonds. The summed E-state index contributed by atoms with van der Waals surface area (Å²) in [5.74, 6) is 1.82. The Balaban J connectivity index is 1.56. The van der Waals surface area contributed by atoms with E-state index in [4.69, 9.17) is 4.74 Å². The summed E-state index contributed by atoms with van der Waals surface area (Å²) < 4.78 is 6.31. The van der Waals surface area contributed by atoms with Gasteiger partial charge in [0.15, 0.2) is 5.78 Å². The third kappa shape index (κ3) is 2.67. The van der Waals surface area contributed by atoms with Crippen LogP contribution < -0.4 is 9.64 Å². The average Bonchev–Trinajstić information content (AvgIpc) is 2.78. The fourth-order valence-corrected chi connectivity index (χ4v) is 3.57. The first-order chi connectivity index (χ1) is 11.3. The van der Waals surface area contributed by atoms with Gasteiger partial charge in [0.1, 0.15) is 17.2 Å². The van der Waals surface area contributed by atoms with Crippen molar-refractivity contribution in [3.8, 4) is 5.75 Å². The zero-order valence-corrected chi connectivity index (χ0v) is 12.9. The fraction of sp³-hybridized carbons (Fsp3) is 0.389. The Morgan fingerprint density at radius 3 is 2.91 bits per heavy atom. The molecule has 1 fully saturated rings. The van der Waals surface area contributed by atoms with Gasteiger partial charge < -0.3 is 9.64 Å². The van der Waals surface area contributed by atoms with E-state index >= 15 is 0 Å². The zero-order chi connectivity index (χ0) is 15.7. The van der Waals surface area contributed by atoms with Gasteiger partial charge in [-0.2, -0.15) is 0 Å². The summed E-state index contributed by atoms with van der Waals surface area (Å²) in [5, 5.41) is 0. The van der Waals surface area contributed by atoms with Gasteiger partial charge in [-0.1, -0.05) is 12.1 Å². The summed E-state index contributed by atoms with van der Waals surface area (Å²) in [5.41, 5.74) is 0.343. The van der Waals surface area contributed by atoms with Crippen LogP contribution in [0, 0.1) is 0 Å². The second-order valence-corrected chi connectivity index (χ2v) is 6.29. The normalized spacial score (nSPS) is 24.0. The number of carbonyl (C=O) groups excluding carboxylic acids is 1. The predicted octanol–water partition coefficient (Wildman–Crippen LogP) is 2.87. The molecule has 2 aromatic rings. The number of hydrogen-bond acceptors (Lipinski definition) is 5. The maximum Gasteiger partial charge on any atom is 0.170 e. The van der Waals surface area contributed by atoms with Crippen LogP contribution in [0.5, 0.6) is 5.75 Å². The minimum absolute atomic E-state index is 0.194. The van der Waals surface area contributed by atoms with Crippen molar-refractivity contribution in [3.05, 3.63) is 48.4 Å². The van der Waals surface area contributed by atoms with Crippen LogP contribution in [0.3, 0.4) is 0 Å². The van der Waals surface area contributed by atoms with Gasteiger partial charge >= 0.3 is 0 Å². The highest BCUT2D eigenvalue weighted by Crippen LogP contribution is 2.39. The van der Waals surface area contributed by atoms with E-state index in [1.54, 1.807) is 18.6 Å². The quantitative estimate of drug-likeness (QED) is 0.811. The Bertz CT molecular complexity index is 719. The molecule has 0 saturated carbocycles. The van der Waals surface area contributed by atoms with Gasteiger partial charge in [-0.25, -0.2) is 4.98 Å². The minimum Gasteiger partial charge on any atom is -0.486 e. The standard InChI is InChI=1S/C18H19N3O2/c22-15-12-18(23-16-5-2-1-4-14(15)16)6-3-10-21(11-7-18)17-13-19-8-9-20-17/h1-2,4-5,8-9,13H,3,6-7,10-12H2. The highest BCUT2D eigenvalue weighted by Gasteiger charge is 2.41. The van der Waals surface area contributed by atoms with Gasteiger partial charge in [0.05, 0.1) is 18.2 Å². The molecule has 0 bridgehead atoms. The third-order valence-electron chi connectivity index (χ3n) is 4.77. The second-order valence-electron chi connectivity index (χ2n) is 6.29. The molecule has 1 atom stereocenters. The van der Waals surface area contributed by atoms with E-state index in [1.807, 2.05) is 24.3 Å². The van der Waals surface area contributed by atoms with Crippen LogP contribution >= 0.6 is 0 Å². The number of rotatable bonds is 1. The van der Waals surface area contributed by atoms with E-state index in [-0.39, 0.29) is 11.4 Å². The molecule has 23 heavy (non-hydrogen) atoms. The predicted molar refractivity (Wildman–Crippen MR) is 86.8 cm³/mol. The molecule has 5 nitrogen and oxygen atoms in total. The van der Waals surface area contributed by atoms with Crippen LogP contribution in [-0.4, -0.2) is 34.4 Å². The van der Waals surface area contributed by atoms with Gasteiger partial charge in [0.2, 0.25) is 0 Å². The lowest BCUT2D eigenvalue weighted by Gasteiger charge is -2.37. The monoisotopic (exact) mass is 309 g/mol. The van der Waals surface area contributed by atoms with Crippen molar-refractivity contribution in [2.45, 2.75) is 31.3 Å². The number of ketones is 1. The molecule has 1 spiro atoms. The summed E-state index contributed by atoms with van der Waals surface area (Å²) in [6, 6.07) is 7.57. The van der Waals surface area contributed by atoms with Crippen LogP contribution in [0.2, 0.25) is 0 Å². The zero-order valence-electron chi connectivity index (χ0n) is 12.9. The number of hydrogen-bond donors (Lipinski definition) is 0. The molecule has 1 saturated heterocycles. The molecule has 0 aliphatic carbocycles. The molecule has 1 unspecified atom stereocenters. The van der Waals surface area contributed by atoms with Gasteiger partial charge in [-0.15, -0.1) is 0 Å². The van der Waals surface area contributed by atoms with Crippen LogP contribution in [0.1, 0.15) is 36.0 Å². The van der Waals surface area contributed by atoms with Crippen molar-refractivity contribution in [1.82, 2.24) is 9.97 Å². The summed E-state index contributed by atoms with van der Waals surface area (Å²) in [4.78, 5) is 23.3. The maximum absolute atomic E-state index is 12.5. The molecule has 2 aliphatic heterocycles. The lowest BCUT2D eigenvalue weighted by Crippen LogP contribution is -2.42. The first-order valence-electron chi connectivity index (χ1n) is 8.08. The van der Waals surface area contributed by atoms with Crippen molar-refractivity contribution in [3.63, 3.8) is 0 Å². The first-order valence-corrected chi connectivity index (χ1v) is 8.08. The molecule has 4 rings (SSSR count). The summed E-state index contributed by atoms with van der Waals surface area (Å²) in [7, 11) is 0. The van der Waals surface area contributed by atoms with E-state index in [0.717, 1.165) is 43.9 Å². The first kappa shape index (κ1) is 14.2. The SMILES string of the molecule is O=C1CC2(CCCN(c3cnccn3)CC2)Oc2ccccc21. The summed E-state index contributed by atoms with van der Waals surface area (Å²) in [6.45, 7) is 1.74. The Morgan fingerprint density at radius 2 is 2.04 bits per heavy atom. The third-order valence-corrected chi connectivity index (χ3v) is 4.77. The Hall–Kier alpha value is -2.43. The van der Waals surface area contributed by atoms with Gasteiger partial charge in [-0.3, -0.25) is 9.78 Å². The molecular formula is C18H19N3O2. The number of carbonyl (C=O) groups is 1. The van der Waals surface area contributed by atoms with Crippen molar-refractivity contribution in [2.24, 2.45) is 0 Å². The molecule has 2 aliphatic rings. The number of Topliss-reactive ketones (excluding diaryl/α,β-unsaturated/α-hetero) is 1. The van der Waals surface area contributed by atoms with Crippen molar-refractivity contribution < 1.29 is 9.53 Å². The average molecular weight is 309 g/mol. The molecule has 3 heterocycles. The number of ether oxygens (including phenoxy) is 1. The van der Waals surface area contributed by atoms with E-state index in [2.05, 4.69) is 14.9 Å². The minimum atomic E-state index is -0.373. The van der Waals surface area contributed by atoms with Crippen LogP contribution in [0.15, 0.2) is 42.9 Å².